The number of halogens is 4. The average Bonchev–Trinajstić information content (AvgIpc) is 2.89. The Morgan fingerprint density at radius 3 is 2.49 bits per heavy atom. The number of nitrogens with zero attached hydrogens (tertiary/aromatic N) is 2. The maximum atomic E-state index is 15.4. The van der Waals surface area contributed by atoms with E-state index in [1.807, 2.05) is 36.4 Å². The lowest BCUT2D eigenvalue weighted by molar-refractivity contribution is 0.0997. The summed E-state index contributed by atoms with van der Waals surface area (Å²) in [6.45, 7) is 0.114. The van der Waals surface area contributed by atoms with Gasteiger partial charge < -0.3 is 15.2 Å². The van der Waals surface area contributed by atoms with Crippen molar-refractivity contribution in [1.29, 1.82) is 5.26 Å². The van der Waals surface area contributed by atoms with Crippen LogP contribution in [0, 0.1) is 28.9 Å². The molecule has 0 fully saturated rings. The van der Waals surface area contributed by atoms with Gasteiger partial charge in [0.05, 0.1) is 27.1 Å². The molecule has 1 aromatic heterocycles. The number of nitrogens with two attached hydrogens (primary N) is 1. The smallest absolute Gasteiger partial charge is 0.260 e. The second-order valence-corrected chi connectivity index (χ2v) is 8.85. The van der Waals surface area contributed by atoms with Crippen LogP contribution in [0.25, 0.3) is 0 Å². The summed E-state index contributed by atoms with van der Waals surface area (Å²) in [5.41, 5.74) is 6.12. The molecule has 4 rings (SSSR count). The molecule has 186 valence electrons. The first-order valence-electron chi connectivity index (χ1n) is 10.5. The molecule has 0 radical (unpaired) electrons. The number of amides is 1. The van der Waals surface area contributed by atoms with E-state index in [0.717, 1.165) is 5.56 Å². The summed E-state index contributed by atoms with van der Waals surface area (Å²) < 4.78 is 55.7. The van der Waals surface area contributed by atoms with Crippen LogP contribution in [-0.4, -0.2) is 10.9 Å². The van der Waals surface area contributed by atoms with E-state index >= 15 is 4.39 Å². The van der Waals surface area contributed by atoms with E-state index < -0.39 is 34.3 Å². The average molecular weight is 542 g/mol. The van der Waals surface area contributed by atoms with Gasteiger partial charge in [-0.15, -0.1) is 0 Å². The summed E-state index contributed by atoms with van der Waals surface area (Å²) in [6.07, 6.45) is 0. The van der Waals surface area contributed by atoms with Crippen molar-refractivity contribution in [2.45, 2.75) is 16.4 Å². The topological polar surface area (TPSA) is 98.2 Å². The Labute approximate surface area is 218 Å². The number of hydrogen-bond donors (Lipinski definition) is 1. The van der Waals surface area contributed by atoms with E-state index in [1.54, 1.807) is 0 Å². The first-order valence-corrected chi connectivity index (χ1v) is 11.7. The minimum atomic E-state index is -1.65. The Bertz CT molecular complexity index is 1530. The largest absolute Gasteiger partial charge is 0.485 e. The predicted molar refractivity (Wildman–Crippen MR) is 130 cm³/mol. The van der Waals surface area contributed by atoms with E-state index in [4.69, 9.17) is 26.8 Å². The normalized spacial score (nSPS) is 10.6. The Balaban J connectivity index is 1.71. The molecular formula is C26H15ClF3N3O3S. The number of benzene rings is 3. The van der Waals surface area contributed by atoms with Crippen LogP contribution in [0.4, 0.5) is 13.2 Å². The molecule has 0 aliphatic rings. The summed E-state index contributed by atoms with van der Waals surface area (Å²) in [5, 5.41) is 9.22. The number of hydrogen-bond acceptors (Lipinski definition) is 6. The van der Waals surface area contributed by atoms with Crippen LogP contribution in [0.2, 0.25) is 5.02 Å². The highest BCUT2D eigenvalue weighted by atomic mass is 35.5. The van der Waals surface area contributed by atoms with Gasteiger partial charge in [-0.05, 0) is 29.8 Å². The lowest BCUT2D eigenvalue weighted by atomic mass is 10.2. The van der Waals surface area contributed by atoms with Crippen LogP contribution < -0.4 is 15.2 Å². The highest BCUT2D eigenvalue weighted by Crippen LogP contribution is 2.41. The summed E-state index contributed by atoms with van der Waals surface area (Å²) >= 11 is 6.40. The van der Waals surface area contributed by atoms with Crippen molar-refractivity contribution < 1.29 is 27.4 Å². The third-order valence-corrected chi connectivity index (χ3v) is 6.36. The minimum absolute atomic E-state index is 0.00675. The molecule has 0 saturated heterocycles. The monoisotopic (exact) mass is 541 g/mol. The van der Waals surface area contributed by atoms with Crippen molar-refractivity contribution in [2.75, 3.05) is 0 Å². The van der Waals surface area contributed by atoms with Crippen molar-refractivity contribution in [2.24, 2.45) is 5.73 Å². The Kier molecular flexibility index (Phi) is 7.86. The van der Waals surface area contributed by atoms with Gasteiger partial charge in [0.25, 0.3) is 17.7 Å². The molecule has 0 atom stereocenters. The number of carbonyl (C=O) groups is 1. The molecule has 0 saturated carbocycles. The highest BCUT2D eigenvalue weighted by Gasteiger charge is 2.26. The fraction of sp³-hybridized carbons (Fsp3) is 0.0385. The fourth-order valence-corrected chi connectivity index (χ4v) is 4.54. The van der Waals surface area contributed by atoms with Crippen LogP contribution >= 0.6 is 23.4 Å². The number of ether oxygens (including phenoxy) is 2. The van der Waals surface area contributed by atoms with Gasteiger partial charge in [0.1, 0.15) is 6.61 Å². The number of pyridine rings is 1. The van der Waals surface area contributed by atoms with Crippen molar-refractivity contribution >= 4 is 29.3 Å². The zero-order valence-electron chi connectivity index (χ0n) is 18.7. The second-order valence-electron chi connectivity index (χ2n) is 7.39. The van der Waals surface area contributed by atoms with Gasteiger partial charge in [0, 0.05) is 11.0 Å². The maximum Gasteiger partial charge on any atom is 0.260 e. The Hall–Kier alpha value is -4.20. The molecule has 0 spiro atoms. The van der Waals surface area contributed by atoms with Crippen molar-refractivity contribution in [3.63, 3.8) is 0 Å². The summed E-state index contributed by atoms with van der Waals surface area (Å²) in [4.78, 5) is 14.2. The third-order valence-electron chi connectivity index (χ3n) is 4.92. The molecule has 1 amide bonds. The predicted octanol–water partition coefficient (Wildman–Crippen LogP) is 6.65. The van der Waals surface area contributed by atoms with Gasteiger partial charge in [-0.3, -0.25) is 4.79 Å². The molecule has 0 bridgehead atoms. The van der Waals surface area contributed by atoms with Crippen LogP contribution in [0.3, 0.4) is 0 Å². The van der Waals surface area contributed by atoms with E-state index in [2.05, 4.69) is 4.98 Å². The van der Waals surface area contributed by atoms with Crippen molar-refractivity contribution in [3.8, 4) is 23.4 Å². The first kappa shape index (κ1) is 25.9. The molecule has 0 aliphatic carbocycles. The van der Waals surface area contributed by atoms with Crippen molar-refractivity contribution in [1.82, 2.24) is 4.98 Å². The van der Waals surface area contributed by atoms with Gasteiger partial charge in [0.2, 0.25) is 5.82 Å². The van der Waals surface area contributed by atoms with E-state index in [9.17, 15) is 18.8 Å². The molecule has 0 aliphatic heterocycles. The second kappa shape index (κ2) is 11.2. The number of aromatic nitrogens is 1. The highest BCUT2D eigenvalue weighted by molar-refractivity contribution is 7.99. The van der Waals surface area contributed by atoms with Gasteiger partial charge in [0.15, 0.2) is 17.3 Å². The van der Waals surface area contributed by atoms with Crippen LogP contribution in [0.5, 0.6) is 17.4 Å². The van der Waals surface area contributed by atoms with E-state index in [-0.39, 0.29) is 39.2 Å². The number of primary amides is 1. The summed E-state index contributed by atoms with van der Waals surface area (Å²) in [7, 11) is 0. The van der Waals surface area contributed by atoms with Gasteiger partial charge in [-0.1, -0.05) is 59.8 Å². The molecule has 6 nitrogen and oxygen atoms in total. The molecule has 11 heteroatoms. The van der Waals surface area contributed by atoms with Crippen LogP contribution in [-0.2, 0) is 6.61 Å². The summed E-state index contributed by atoms with van der Waals surface area (Å²) in [5.74, 6) is -6.49. The molecule has 37 heavy (non-hydrogen) atoms. The fourth-order valence-electron chi connectivity index (χ4n) is 3.19. The Morgan fingerprint density at radius 1 is 1.03 bits per heavy atom. The first-order chi connectivity index (χ1) is 17.8. The van der Waals surface area contributed by atoms with Crippen molar-refractivity contribution in [3.05, 3.63) is 106 Å². The lowest BCUT2D eigenvalue weighted by Gasteiger charge is -2.15. The standard InChI is InChI=1S/C26H15ClF3N3O3S/c27-16-7-4-8-19(20(16)25(32)34)37-23-21(28)24(30)33-26(22(23)29)36-18-11-15(12-31)9-10-17(18)35-13-14-5-2-1-3-6-14/h1-11H,13H2,(H2,32,34). The summed E-state index contributed by atoms with van der Waals surface area (Å²) in [6, 6.07) is 19.3. The molecule has 1 heterocycles. The van der Waals surface area contributed by atoms with Crippen LogP contribution in [0.1, 0.15) is 21.5 Å². The van der Waals surface area contributed by atoms with E-state index in [1.165, 1.54) is 36.4 Å². The molecule has 0 unspecified atom stereocenters. The number of carbonyl (C=O) groups excluding carboxylic acids is 1. The molecule has 2 N–H and O–H groups in total. The number of nitriles is 1. The third kappa shape index (κ3) is 5.80. The zero-order valence-corrected chi connectivity index (χ0v) is 20.2. The maximum absolute atomic E-state index is 15.4. The SMILES string of the molecule is N#Cc1ccc(OCc2ccccc2)c(Oc2nc(F)c(F)c(Sc3cccc(Cl)c3C(N)=O)c2F)c1. The van der Waals surface area contributed by atoms with Gasteiger partial charge in [-0.2, -0.15) is 19.0 Å². The quantitative estimate of drug-likeness (QED) is 0.251. The van der Waals surface area contributed by atoms with Gasteiger partial charge >= 0.3 is 0 Å². The zero-order chi connectivity index (χ0) is 26.5. The molecule has 3 aromatic carbocycles. The lowest BCUT2D eigenvalue weighted by Crippen LogP contribution is -2.13. The molecule has 4 aromatic rings. The molecular weight excluding hydrogens is 527 g/mol. The van der Waals surface area contributed by atoms with Crippen LogP contribution in [0.15, 0.2) is 76.5 Å². The minimum Gasteiger partial charge on any atom is -0.485 e. The van der Waals surface area contributed by atoms with Gasteiger partial charge in [-0.25, -0.2) is 4.39 Å². The van der Waals surface area contributed by atoms with E-state index in [0.29, 0.717) is 11.8 Å². The Morgan fingerprint density at radius 2 is 1.78 bits per heavy atom. The number of rotatable bonds is 8.